The first-order valence-corrected chi connectivity index (χ1v) is 9.55. The van der Waals surface area contributed by atoms with Gasteiger partial charge in [-0.25, -0.2) is 4.39 Å². The number of halogens is 1. The van der Waals surface area contributed by atoms with Crippen LogP contribution in [0.25, 0.3) is 0 Å². The average Bonchev–Trinajstić information content (AvgIpc) is 2.90. The highest BCUT2D eigenvalue weighted by Gasteiger charge is 2.28. The van der Waals surface area contributed by atoms with Crippen molar-refractivity contribution in [3.05, 3.63) is 60.3 Å². The summed E-state index contributed by atoms with van der Waals surface area (Å²) in [6.07, 6.45) is 13.5. The van der Waals surface area contributed by atoms with E-state index in [-0.39, 0.29) is 0 Å². The molecular formula is C23H36FN. The van der Waals surface area contributed by atoms with Crippen LogP contribution in [0.2, 0.25) is 0 Å². The molecule has 2 atom stereocenters. The minimum Gasteiger partial charge on any atom is -0.297 e. The maximum absolute atomic E-state index is 14.3. The summed E-state index contributed by atoms with van der Waals surface area (Å²) in [4.78, 5) is 2.57. The molecule has 0 radical (unpaired) electrons. The molecule has 1 heterocycles. The van der Waals surface area contributed by atoms with Crippen molar-refractivity contribution < 1.29 is 4.39 Å². The Labute approximate surface area is 154 Å². The van der Waals surface area contributed by atoms with Crippen molar-refractivity contribution in [2.24, 2.45) is 5.92 Å². The third-order valence-electron chi connectivity index (χ3n) is 5.07. The summed E-state index contributed by atoms with van der Waals surface area (Å²) in [5.41, 5.74) is 1.04. The van der Waals surface area contributed by atoms with Crippen molar-refractivity contribution in [2.75, 3.05) is 13.1 Å². The molecule has 0 aromatic rings. The van der Waals surface area contributed by atoms with Crippen LogP contribution >= 0.6 is 0 Å². The van der Waals surface area contributed by atoms with Crippen LogP contribution in [0.1, 0.15) is 53.9 Å². The lowest BCUT2D eigenvalue weighted by atomic mass is 9.94. The minimum atomic E-state index is -1.37. The Bertz CT molecular complexity index is 545. The standard InChI is InChI=1S/C23H36FN/c1-8-11-15-25-16-14-19(5)22(25)13-12-18(4)20(9-2)17-21(10-3)23(6,7)24/h9-10,12-13,17,19,22H,2,4,8,11,14-16H2,1,3,5-7H3/b13-12-,20-17+,21-10+. The number of hydrogen-bond donors (Lipinski definition) is 0. The third-order valence-corrected chi connectivity index (χ3v) is 5.07. The summed E-state index contributed by atoms with van der Waals surface area (Å²) < 4.78 is 14.3. The number of rotatable bonds is 9. The van der Waals surface area contributed by atoms with Crippen LogP contribution in [0.4, 0.5) is 4.39 Å². The van der Waals surface area contributed by atoms with Crippen molar-refractivity contribution in [3.63, 3.8) is 0 Å². The van der Waals surface area contributed by atoms with E-state index in [9.17, 15) is 4.39 Å². The highest BCUT2D eigenvalue weighted by Crippen LogP contribution is 2.28. The van der Waals surface area contributed by atoms with Gasteiger partial charge in [0.2, 0.25) is 0 Å². The van der Waals surface area contributed by atoms with E-state index in [0.29, 0.717) is 17.5 Å². The summed E-state index contributed by atoms with van der Waals surface area (Å²) in [5.74, 6) is 0.660. The van der Waals surface area contributed by atoms with Crippen molar-refractivity contribution in [2.45, 2.75) is 65.6 Å². The van der Waals surface area contributed by atoms with Crippen molar-refractivity contribution in [1.29, 1.82) is 0 Å². The zero-order valence-electron chi connectivity index (χ0n) is 16.8. The molecule has 1 nitrogen and oxygen atoms in total. The monoisotopic (exact) mass is 345 g/mol. The molecule has 1 aliphatic heterocycles. The van der Waals surface area contributed by atoms with Gasteiger partial charge in [0.1, 0.15) is 5.67 Å². The fourth-order valence-electron chi connectivity index (χ4n) is 3.34. The molecule has 1 aliphatic rings. The van der Waals surface area contributed by atoms with Gasteiger partial charge >= 0.3 is 0 Å². The van der Waals surface area contributed by atoms with Gasteiger partial charge in [0.25, 0.3) is 0 Å². The van der Waals surface area contributed by atoms with Crippen LogP contribution in [-0.2, 0) is 0 Å². The van der Waals surface area contributed by atoms with Crippen LogP contribution in [0.3, 0.4) is 0 Å². The molecule has 2 unspecified atom stereocenters. The maximum atomic E-state index is 14.3. The molecule has 0 bridgehead atoms. The van der Waals surface area contributed by atoms with Gasteiger partial charge in [-0.1, -0.05) is 57.7 Å². The summed E-state index contributed by atoms with van der Waals surface area (Å²) in [7, 11) is 0. The Hall–Kier alpha value is -1.41. The number of nitrogens with zero attached hydrogens (tertiary/aromatic N) is 1. The number of allylic oxidation sites excluding steroid dienone is 7. The van der Waals surface area contributed by atoms with E-state index >= 15 is 0 Å². The average molecular weight is 346 g/mol. The highest BCUT2D eigenvalue weighted by molar-refractivity contribution is 5.49. The SMILES string of the molecule is C=C/C(=C\C(=C/C)C(C)(C)F)C(=C)/C=C\C1C(C)CCN1CCCC. The molecule has 1 fully saturated rings. The largest absolute Gasteiger partial charge is 0.297 e. The van der Waals surface area contributed by atoms with Crippen molar-refractivity contribution in [1.82, 2.24) is 4.90 Å². The summed E-state index contributed by atoms with van der Waals surface area (Å²) >= 11 is 0. The van der Waals surface area contributed by atoms with Crippen LogP contribution in [0, 0.1) is 5.92 Å². The molecule has 0 spiro atoms. The second-order valence-corrected chi connectivity index (χ2v) is 7.55. The fourth-order valence-corrected chi connectivity index (χ4v) is 3.34. The lowest BCUT2D eigenvalue weighted by molar-refractivity contribution is 0.267. The van der Waals surface area contributed by atoms with Gasteiger partial charge < -0.3 is 0 Å². The lowest BCUT2D eigenvalue weighted by Gasteiger charge is -2.24. The molecule has 0 saturated carbocycles. The van der Waals surface area contributed by atoms with Gasteiger partial charge in [-0.15, -0.1) is 0 Å². The Balaban J connectivity index is 2.90. The molecule has 0 aromatic heterocycles. The number of alkyl halides is 1. The molecule has 25 heavy (non-hydrogen) atoms. The topological polar surface area (TPSA) is 3.24 Å². The van der Waals surface area contributed by atoms with Gasteiger partial charge in [0, 0.05) is 6.04 Å². The molecular weight excluding hydrogens is 309 g/mol. The highest BCUT2D eigenvalue weighted by atomic mass is 19.1. The molecule has 0 N–H and O–H groups in total. The maximum Gasteiger partial charge on any atom is 0.130 e. The third kappa shape index (κ3) is 6.43. The Morgan fingerprint density at radius 3 is 2.56 bits per heavy atom. The first-order valence-electron chi connectivity index (χ1n) is 9.55. The van der Waals surface area contributed by atoms with Crippen molar-refractivity contribution >= 4 is 0 Å². The van der Waals surface area contributed by atoms with E-state index in [2.05, 4.69) is 44.1 Å². The number of hydrogen-bond acceptors (Lipinski definition) is 1. The van der Waals surface area contributed by atoms with Crippen molar-refractivity contribution in [3.8, 4) is 0 Å². The Morgan fingerprint density at radius 1 is 1.36 bits per heavy atom. The summed E-state index contributed by atoms with van der Waals surface area (Å²) in [5, 5.41) is 0. The van der Waals surface area contributed by atoms with E-state index in [1.165, 1.54) is 25.8 Å². The van der Waals surface area contributed by atoms with E-state index in [1.807, 2.05) is 19.1 Å². The summed E-state index contributed by atoms with van der Waals surface area (Å²) in [6, 6.07) is 0.466. The van der Waals surface area contributed by atoms with Gasteiger partial charge in [-0.05, 0) is 75.4 Å². The zero-order valence-corrected chi connectivity index (χ0v) is 16.8. The quantitative estimate of drug-likeness (QED) is 0.436. The first kappa shape index (κ1) is 21.6. The van der Waals surface area contributed by atoms with Crippen LogP contribution in [-0.4, -0.2) is 29.7 Å². The molecule has 1 rings (SSSR count). The molecule has 0 aromatic carbocycles. The molecule has 1 saturated heterocycles. The number of unbranched alkanes of at least 4 members (excludes halogenated alkanes) is 1. The molecule has 2 heteroatoms. The van der Waals surface area contributed by atoms with E-state index < -0.39 is 5.67 Å². The second kappa shape index (κ2) is 9.91. The normalized spacial score (nSPS) is 23.4. The number of likely N-dealkylation sites (tertiary alicyclic amines) is 1. The minimum absolute atomic E-state index is 0.466. The lowest BCUT2D eigenvalue weighted by Crippen LogP contribution is -2.31. The first-order chi connectivity index (χ1) is 11.7. The smallest absolute Gasteiger partial charge is 0.130 e. The van der Waals surface area contributed by atoms with Gasteiger partial charge in [0.15, 0.2) is 0 Å². The van der Waals surface area contributed by atoms with E-state index in [4.69, 9.17) is 0 Å². The Kier molecular flexibility index (Phi) is 8.58. The molecule has 0 aliphatic carbocycles. The molecule has 140 valence electrons. The van der Waals surface area contributed by atoms with E-state index in [1.54, 1.807) is 19.9 Å². The van der Waals surface area contributed by atoms with Gasteiger partial charge in [-0.3, -0.25) is 4.90 Å². The van der Waals surface area contributed by atoms with Crippen LogP contribution in [0.15, 0.2) is 60.3 Å². The predicted octanol–water partition coefficient (Wildman–Crippen LogP) is 6.42. The predicted molar refractivity (Wildman–Crippen MR) is 110 cm³/mol. The van der Waals surface area contributed by atoms with Crippen LogP contribution in [0.5, 0.6) is 0 Å². The second-order valence-electron chi connectivity index (χ2n) is 7.55. The fraction of sp³-hybridized carbons (Fsp3) is 0.565. The van der Waals surface area contributed by atoms with E-state index in [0.717, 1.165) is 17.7 Å². The van der Waals surface area contributed by atoms with Gasteiger partial charge in [-0.2, -0.15) is 0 Å². The zero-order chi connectivity index (χ0) is 19.0. The van der Waals surface area contributed by atoms with Crippen LogP contribution < -0.4 is 0 Å². The Morgan fingerprint density at radius 2 is 2.04 bits per heavy atom. The van der Waals surface area contributed by atoms with Gasteiger partial charge in [0.05, 0.1) is 0 Å². The summed E-state index contributed by atoms with van der Waals surface area (Å²) in [6.45, 7) is 19.9. The molecule has 0 amide bonds.